The van der Waals surface area contributed by atoms with Gasteiger partial charge in [0.15, 0.2) is 23.3 Å². The van der Waals surface area contributed by atoms with Crippen LogP contribution in [0, 0.1) is 12.7 Å². The topological polar surface area (TPSA) is 107 Å². The summed E-state index contributed by atoms with van der Waals surface area (Å²) in [5.74, 6) is -1.97. The maximum absolute atomic E-state index is 14.8. The molecule has 0 fully saturated rings. The second-order valence-corrected chi connectivity index (χ2v) is 7.92. The van der Waals surface area contributed by atoms with Gasteiger partial charge in [0.25, 0.3) is 5.91 Å². The van der Waals surface area contributed by atoms with Crippen molar-refractivity contribution in [3.05, 3.63) is 83.4 Å². The molecule has 0 radical (unpaired) electrons. The molecule has 1 amide bonds. The number of pyridine rings is 1. The standard InChI is InChI=1S/C26H27FN2O6/c1-15-10-11-19(20(27)14-15)24(35-18-8-6-5-7-9-18)17(3)34-26(32)16(2)29-25(31)22-23(30)21(33-4)12-13-28-22/h5-14,16-17,24,30H,1-4H3,(H,29,31)/t16-,17-,24-/m0/s1. The van der Waals surface area contributed by atoms with Gasteiger partial charge in [0.2, 0.25) is 0 Å². The normalized spacial score (nSPS) is 13.3. The average molecular weight is 483 g/mol. The molecule has 0 aliphatic rings. The number of halogens is 1. The van der Waals surface area contributed by atoms with Crippen molar-refractivity contribution >= 4 is 11.9 Å². The smallest absolute Gasteiger partial charge is 0.328 e. The highest BCUT2D eigenvalue weighted by Crippen LogP contribution is 2.30. The van der Waals surface area contributed by atoms with Gasteiger partial charge >= 0.3 is 5.97 Å². The minimum absolute atomic E-state index is 0.0648. The summed E-state index contributed by atoms with van der Waals surface area (Å²) >= 11 is 0. The molecule has 1 heterocycles. The zero-order valence-electron chi connectivity index (χ0n) is 19.8. The molecule has 0 unspecified atom stereocenters. The number of esters is 1. The SMILES string of the molecule is COc1ccnc(C(=O)N[C@@H](C)C(=O)O[C@@H](C)[C@H](Oc2ccccc2)c2ccc(C)cc2F)c1O. The third-order valence-corrected chi connectivity index (χ3v) is 5.22. The van der Waals surface area contributed by atoms with E-state index in [1.807, 2.05) is 6.07 Å². The highest BCUT2D eigenvalue weighted by atomic mass is 19.1. The average Bonchev–Trinajstić information content (AvgIpc) is 2.83. The number of rotatable bonds is 9. The Labute approximate surface area is 202 Å². The van der Waals surface area contributed by atoms with E-state index >= 15 is 0 Å². The first-order valence-corrected chi connectivity index (χ1v) is 10.9. The molecule has 35 heavy (non-hydrogen) atoms. The second-order valence-electron chi connectivity index (χ2n) is 7.92. The minimum atomic E-state index is -1.10. The monoisotopic (exact) mass is 482 g/mol. The minimum Gasteiger partial charge on any atom is -0.503 e. The van der Waals surface area contributed by atoms with E-state index in [9.17, 15) is 19.1 Å². The van der Waals surface area contributed by atoms with E-state index < -0.39 is 41.7 Å². The molecular weight excluding hydrogens is 455 g/mol. The number of benzene rings is 2. The number of carbonyl (C=O) groups is 2. The summed E-state index contributed by atoms with van der Waals surface area (Å²) in [6.07, 6.45) is -0.572. The predicted octanol–water partition coefficient (Wildman–Crippen LogP) is 4.11. The van der Waals surface area contributed by atoms with E-state index in [1.54, 1.807) is 50.2 Å². The summed E-state index contributed by atoms with van der Waals surface area (Å²) in [6.45, 7) is 4.77. The Balaban J connectivity index is 1.75. The van der Waals surface area contributed by atoms with Gasteiger partial charge in [0.05, 0.1) is 7.11 Å². The van der Waals surface area contributed by atoms with Crippen molar-refractivity contribution in [1.29, 1.82) is 0 Å². The van der Waals surface area contributed by atoms with Crippen LogP contribution in [0.2, 0.25) is 0 Å². The van der Waals surface area contributed by atoms with Crippen molar-refractivity contribution in [2.45, 2.75) is 39.0 Å². The summed E-state index contributed by atoms with van der Waals surface area (Å²) in [6, 6.07) is 13.8. The number of carbonyl (C=O) groups excluding carboxylic acids is 2. The molecule has 2 N–H and O–H groups in total. The first kappa shape index (κ1) is 25.5. The molecule has 0 spiro atoms. The number of aromatic hydroxyl groups is 1. The van der Waals surface area contributed by atoms with E-state index in [0.29, 0.717) is 5.75 Å². The molecule has 2 aromatic carbocycles. The summed E-state index contributed by atoms with van der Waals surface area (Å²) in [5, 5.41) is 12.6. The van der Waals surface area contributed by atoms with E-state index in [4.69, 9.17) is 14.2 Å². The van der Waals surface area contributed by atoms with Crippen LogP contribution in [-0.2, 0) is 9.53 Å². The molecule has 184 valence electrons. The van der Waals surface area contributed by atoms with Crippen molar-refractivity contribution < 1.29 is 33.3 Å². The van der Waals surface area contributed by atoms with Gasteiger partial charge in [0, 0.05) is 17.8 Å². The van der Waals surface area contributed by atoms with Crippen molar-refractivity contribution in [3.63, 3.8) is 0 Å². The zero-order chi connectivity index (χ0) is 25.5. The first-order chi connectivity index (χ1) is 16.7. The molecule has 3 atom stereocenters. The fourth-order valence-electron chi connectivity index (χ4n) is 3.36. The lowest BCUT2D eigenvalue weighted by atomic mass is 10.0. The van der Waals surface area contributed by atoms with Crippen LogP contribution in [0.4, 0.5) is 4.39 Å². The van der Waals surface area contributed by atoms with Gasteiger partial charge in [-0.1, -0.05) is 30.3 Å². The molecule has 3 rings (SSSR count). The van der Waals surface area contributed by atoms with Crippen molar-refractivity contribution in [2.75, 3.05) is 7.11 Å². The number of para-hydroxylation sites is 1. The molecule has 8 nitrogen and oxygen atoms in total. The van der Waals surface area contributed by atoms with E-state index in [1.165, 1.54) is 32.4 Å². The van der Waals surface area contributed by atoms with Crippen LogP contribution in [0.15, 0.2) is 60.8 Å². The van der Waals surface area contributed by atoms with Gasteiger partial charge in [-0.25, -0.2) is 14.2 Å². The van der Waals surface area contributed by atoms with E-state index in [2.05, 4.69) is 10.3 Å². The fraction of sp³-hybridized carbons (Fsp3) is 0.269. The van der Waals surface area contributed by atoms with Gasteiger partial charge < -0.3 is 24.6 Å². The van der Waals surface area contributed by atoms with Gasteiger partial charge in [-0.3, -0.25) is 4.79 Å². The van der Waals surface area contributed by atoms with Crippen LogP contribution in [-0.4, -0.2) is 41.2 Å². The second kappa shape index (κ2) is 11.3. The van der Waals surface area contributed by atoms with Crippen molar-refractivity contribution in [2.24, 2.45) is 0 Å². The Bertz CT molecular complexity index is 1190. The third-order valence-electron chi connectivity index (χ3n) is 5.22. The van der Waals surface area contributed by atoms with E-state index in [0.717, 1.165) is 5.56 Å². The Kier molecular flexibility index (Phi) is 8.25. The Morgan fingerprint density at radius 3 is 2.46 bits per heavy atom. The van der Waals surface area contributed by atoms with Gasteiger partial charge in [-0.05, 0) is 44.5 Å². The van der Waals surface area contributed by atoms with Gasteiger partial charge in [0.1, 0.15) is 23.7 Å². The Morgan fingerprint density at radius 2 is 1.80 bits per heavy atom. The number of nitrogens with zero attached hydrogens (tertiary/aromatic N) is 1. The maximum Gasteiger partial charge on any atom is 0.328 e. The predicted molar refractivity (Wildman–Crippen MR) is 126 cm³/mol. The van der Waals surface area contributed by atoms with Crippen molar-refractivity contribution in [3.8, 4) is 17.2 Å². The van der Waals surface area contributed by atoms with Crippen molar-refractivity contribution in [1.82, 2.24) is 10.3 Å². The zero-order valence-corrected chi connectivity index (χ0v) is 19.8. The van der Waals surface area contributed by atoms with Crippen LogP contribution >= 0.6 is 0 Å². The Hall–Kier alpha value is -4.14. The lowest BCUT2D eigenvalue weighted by Gasteiger charge is -2.27. The lowest BCUT2D eigenvalue weighted by Crippen LogP contribution is -2.42. The van der Waals surface area contributed by atoms with Gasteiger partial charge in [-0.2, -0.15) is 0 Å². The molecule has 0 saturated carbocycles. The van der Waals surface area contributed by atoms with Crippen LogP contribution in [0.1, 0.15) is 41.6 Å². The number of ether oxygens (including phenoxy) is 3. The third kappa shape index (κ3) is 6.26. The number of amides is 1. The number of nitrogens with one attached hydrogen (secondary N) is 1. The molecule has 0 bridgehead atoms. The Morgan fingerprint density at radius 1 is 1.09 bits per heavy atom. The highest BCUT2D eigenvalue weighted by molar-refractivity contribution is 5.97. The summed E-state index contributed by atoms with van der Waals surface area (Å²) in [4.78, 5) is 29.1. The molecule has 0 saturated heterocycles. The summed E-state index contributed by atoms with van der Waals surface area (Å²) in [7, 11) is 1.34. The maximum atomic E-state index is 14.8. The molecular formula is C26H27FN2O6. The number of aromatic nitrogens is 1. The largest absolute Gasteiger partial charge is 0.503 e. The molecule has 9 heteroatoms. The number of aryl methyl sites for hydroxylation is 1. The van der Waals surface area contributed by atoms with Crippen LogP contribution in [0.5, 0.6) is 17.2 Å². The molecule has 3 aromatic rings. The van der Waals surface area contributed by atoms with Crippen LogP contribution in [0.3, 0.4) is 0 Å². The van der Waals surface area contributed by atoms with Gasteiger partial charge in [-0.15, -0.1) is 0 Å². The quantitative estimate of drug-likeness (QED) is 0.442. The summed E-state index contributed by atoms with van der Waals surface area (Å²) < 4.78 is 31.3. The fourth-order valence-corrected chi connectivity index (χ4v) is 3.36. The van der Waals surface area contributed by atoms with Crippen LogP contribution in [0.25, 0.3) is 0 Å². The van der Waals surface area contributed by atoms with Crippen LogP contribution < -0.4 is 14.8 Å². The highest BCUT2D eigenvalue weighted by Gasteiger charge is 2.30. The lowest BCUT2D eigenvalue weighted by molar-refractivity contribution is -0.154. The van der Waals surface area contributed by atoms with E-state index in [-0.39, 0.29) is 17.0 Å². The molecule has 1 aromatic heterocycles. The number of hydrogen-bond acceptors (Lipinski definition) is 7. The number of methoxy groups -OCH3 is 1. The summed E-state index contributed by atoms with van der Waals surface area (Å²) in [5.41, 5.74) is 0.658. The molecule has 0 aliphatic carbocycles. The molecule has 0 aliphatic heterocycles. The first-order valence-electron chi connectivity index (χ1n) is 10.9. The number of hydrogen-bond donors (Lipinski definition) is 2.